The molecule has 0 heterocycles. The molecule has 5 nitrogen and oxygen atoms in total. The Morgan fingerprint density at radius 3 is 2.47 bits per heavy atom. The number of carbonyl (C=O) groups is 2. The van der Waals surface area contributed by atoms with Crippen molar-refractivity contribution in [3.05, 3.63) is 0 Å². The Morgan fingerprint density at radius 1 is 1.21 bits per heavy atom. The molecule has 0 aromatic rings. The minimum atomic E-state index is -1.07. The maximum atomic E-state index is 11.8. The summed E-state index contributed by atoms with van der Waals surface area (Å²) in [7, 11) is 0. The average Bonchev–Trinajstić information content (AvgIpc) is 2.39. The number of unbranched alkanes of at least 4 members (excludes halogenated alkanes) is 2. The van der Waals surface area contributed by atoms with Gasteiger partial charge in [0.1, 0.15) is 12.1 Å². The van der Waals surface area contributed by atoms with E-state index in [0.717, 1.165) is 38.5 Å². The van der Waals surface area contributed by atoms with E-state index in [0.29, 0.717) is 19.4 Å². The normalized spacial score (nSPS) is 17.9. The Balaban J connectivity index is 2.33. The van der Waals surface area contributed by atoms with Crippen molar-refractivity contribution in [1.29, 1.82) is 0 Å². The van der Waals surface area contributed by atoms with Crippen LogP contribution >= 0.6 is 0 Å². The molecular weight excluding hydrogens is 246 g/mol. The van der Waals surface area contributed by atoms with Gasteiger partial charge in [0, 0.05) is 6.61 Å². The molecule has 1 saturated carbocycles. The van der Waals surface area contributed by atoms with E-state index in [1.165, 1.54) is 0 Å². The molecule has 0 aromatic carbocycles. The monoisotopic (exact) mass is 271 g/mol. The number of carbonyl (C=O) groups excluding carboxylic acids is 1. The molecule has 0 radical (unpaired) electrons. The summed E-state index contributed by atoms with van der Waals surface area (Å²) >= 11 is 0. The van der Waals surface area contributed by atoms with Crippen molar-refractivity contribution < 1.29 is 19.4 Å². The summed E-state index contributed by atoms with van der Waals surface area (Å²) in [5.74, 6) is -1.24. The molecule has 1 rings (SSSR count). The fourth-order valence-corrected chi connectivity index (χ4v) is 2.47. The second kappa shape index (κ2) is 8.15. The minimum absolute atomic E-state index is 0.0429. The number of rotatable bonds is 8. The smallest absolute Gasteiger partial charge is 0.329 e. The molecule has 0 bridgehead atoms. The van der Waals surface area contributed by atoms with Crippen LogP contribution in [0.4, 0.5) is 0 Å². The molecule has 0 aliphatic heterocycles. The number of carboxylic acid groups (broad SMARTS) is 1. The van der Waals surface area contributed by atoms with Gasteiger partial charge < -0.3 is 15.2 Å². The van der Waals surface area contributed by atoms with Crippen molar-refractivity contribution in [3.63, 3.8) is 0 Å². The molecule has 1 fully saturated rings. The first-order valence-corrected chi connectivity index (χ1v) is 7.23. The van der Waals surface area contributed by atoms with E-state index in [2.05, 4.69) is 12.2 Å². The molecule has 1 amide bonds. The third-order valence-electron chi connectivity index (χ3n) is 3.62. The van der Waals surface area contributed by atoms with Gasteiger partial charge in [-0.15, -0.1) is 0 Å². The molecule has 0 aromatic heterocycles. The van der Waals surface area contributed by atoms with Crippen LogP contribution in [0, 0.1) is 0 Å². The second-order valence-electron chi connectivity index (χ2n) is 5.26. The largest absolute Gasteiger partial charge is 0.480 e. The molecule has 1 aliphatic carbocycles. The van der Waals surface area contributed by atoms with Crippen LogP contribution in [-0.2, 0) is 14.3 Å². The summed E-state index contributed by atoms with van der Waals surface area (Å²) < 4.78 is 5.26. The molecule has 0 spiro atoms. The molecule has 0 saturated heterocycles. The minimum Gasteiger partial charge on any atom is -0.480 e. The van der Waals surface area contributed by atoms with Crippen LogP contribution < -0.4 is 5.32 Å². The predicted molar refractivity (Wildman–Crippen MR) is 71.9 cm³/mol. The molecule has 110 valence electrons. The Hall–Kier alpha value is -1.10. The van der Waals surface area contributed by atoms with Gasteiger partial charge in [-0.3, -0.25) is 4.79 Å². The quantitative estimate of drug-likeness (QED) is 0.663. The lowest BCUT2D eigenvalue weighted by atomic mass is 9.81. The number of nitrogens with one attached hydrogen (secondary N) is 1. The maximum Gasteiger partial charge on any atom is 0.329 e. The number of amides is 1. The van der Waals surface area contributed by atoms with Gasteiger partial charge in [0.05, 0.1) is 0 Å². The zero-order chi connectivity index (χ0) is 14.1. The average molecular weight is 271 g/mol. The van der Waals surface area contributed by atoms with E-state index < -0.39 is 11.5 Å². The van der Waals surface area contributed by atoms with Crippen LogP contribution in [0.25, 0.3) is 0 Å². The van der Waals surface area contributed by atoms with Crippen LogP contribution in [0.2, 0.25) is 0 Å². The first-order chi connectivity index (χ1) is 9.10. The number of hydrogen-bond donors (Lipinski definition) is 2. The topological polar surface area (TPSA) is 75.6 Å². The van der Waals surface area contributed by atoms with E-state index in [9.17, 15) is 14.7 Å². The van der Waals surface area contributed by atoms with Gasteiger partial charge in [0.25, 0.3) is 0 Å². The second-order valence-corrected chi connectivity index (χ2v) is 5.26. The Kier molecular flexibility index (Phi) is 6.84. The first kappa shape index (κ1) is 16.0. The highest BCUT2D eigenvalue weighted by Gasteiger charge is 2.40. The van der Waals surface area contributed by atoms with Crippen LogP contribution in [0.5, 0.6) is 0 Å². The Morgan fingerprint density at radius 2 is 1.89 bits per heavy atom. The van der Waals surface area contributed by atoms with Crippen molar-refractivity contribution in [1.82, 2.24) is 5.32 Å². The van der Waals surface area contributed by atoms with Gasteiger partial charge in [-0.1, -0.05) is 39.0 Å². The van der Waals surface area contributed by atoms with Gasteiger partial charge in [0.2, 0.25) is 5.91 Å². The Labute approximate surface area is 114 Å². The Bertz CT molecular complexity index is 298. The fraction of sp³-hybridized carbons (Fsp3) is 0.857. The molecule has 5 heteroatoms. The van der Waals surface area contributed by atoms with Crippen molar-refractivity contribution in [3.8, 4) is 0 Å². The van der Waals surface area contributed by atoms with E-state index in [1.54, 1.807) is 0 Å². The molecule has 0 unspecified atom stereocenters. The third kappa shape index (κ3) is 5.19. The van der Waals surface area contributed by atoms with Gasteiger partial charge >= 0.3 is 5.97 Å². The summed E-state index contributed by atoms with van der Waals surface area (Å²) in [6.07, 6.45) is 6.91. The highest BCUT2D eigenvalue weighted by Crippen LogP contribution is 2.28. The lowest BCUT2D eigenvalue weighted by Gasteiger charge is -2.33. The number of carboxylic acids is 1. The maximum absolute atomic E-state index is 11.8. The fourth-order valence-electron chi connectivity index (χ4n) is 2.47. The van der Waals surface area contributed by atoms with Gasteiger partial charge in [-0.2, -0.15) is 0 Å². The number of aliphatic carboxylic acids is 1. The molecule has 2 N–H and O–H groups in total. The van der Waals surface area contributed by atoms with Crippen molar-refractivity contribution in [2.75, 3.05) is 13.2 Å². The molecule has 19 heavy (non-hydrogen) atoms. The van der Waals surface area contributed by atoms with Crippen molar-refractivity contribution in [2.45, 2.75) is 63.8 Å². The lowest BCUT2D eigenvalue weighted by Crippen LogP contribution is -2.56. The summed E-state index contributed by atoms with van der Waals surface area (Å²) in [5.41, 5.74) is -1.07. The molecule has 1 aliphatic rings. The highest BCUT2D eigenvalue weighted by molar-refractivity contribution is 5.87. The SMILES string of the molecule is CCCCCOCC(=O)NC1(C(=O)O)CCCCC1. The van der Waals surface area contributed by atoms with Gasteiger partial charge in [-0.05, 0) is 19.3 Å². The summed E-state index contributed by atoms with van der Waals surface area (Å²) in [4.78, 5) is 23.1. The van der Waals surface area contributed by atoms with Gasteiger partial charge in [-0.25, -0.2) is 4.79 Å². The standard InChI is InChI=1S/C14H25NO4/c1-2-3-7-10-19-11-12(16)15-14(13(17)18)8-5-4-6-9-14/h2-11H2,1H3,(H,15,16)(H,17,18). The molecular formula is C14H25NO4. The zero-order valence-corrected chi connectivity index (χ0v) is 11.7. The van der Waals surface area contributed by atoms with E-state index in [-0.39, 0.29) is 12.5 Å². The number of hydrogen-bond acceptors (Lipinski definition) is 3. The van der Waals surface area contributed by atoms with Crippen LogP contribution in [0.1, 0.15) is 58.3 Å². The number of ether oxygens (including phenoxy) is 1. The lowest BCUT2D eigenvalue weighted by molar-refractivity contribution is -0.150. The van der Waals surface area contributed by atoms with Crippen molar-refractivity contribution in [2.24, 2.45) is 0 Å². The van der Waals surface area contributed by atoms with Crippen LogP contribution in [-0.4, -0.2) is 35.7 Å². The zero-order valence-electron chi connectivity index (χ0n) is 11.7. The summed E-state index contributed by atoms with van der Waals surface area (Å²) in [5, 5.41) is 12.0. The van der Waals surface area contributed by atoms with Gasteiger partial charge in [0.15, 0.2) is 0 Å². The van der Waals surface area contributed by atoms with Crippen molar-refractivity contribution >= 4 is 11.9 Å². The van der Waals surface area contributed by atoms with E-state index >= 15 is 0 Å². The summed E-state index contributed by atoms with van der Waals surface area (Å²) in [6.45, 7) is 2.62. The van der Waals surface area contributed by atoms with Crippen LogP contribution in [0.15, 0.2) is 0 Å². The van der Waals surface area contributed by atoms with Crippen LogP contribution in [0.3, 0.4) is 0 Å². The third-order valence-corrected chi connectivity index (χ3v) is 3.62. The highest BCUT2D eigenvalue weighted by atomic mass is 16.5. The summed E-state index contributed by atoms with van der Waals surface area (Å²) in [6, 6.07) is 0. The first-order valence-electron chi connectivity index (χ1n) is 7.23. The van der Waals surface area contributed by atoms with E-state index in [4.69, 9.17) is 4.74 Å². The predicted octanol–water partition coefficient (Wildman–Crippen LogP) is 2.10. The molecule has 0 atom stereocenters. The van der Waals surface area contributed by atoms with E-state index in [1.807, 2.05) is 0 Å².